The lowest BCUT2D eigenvalue weighted by Gasteiger charge is -2.27. The van der Waals surface area contributed by atoms with E-state index < -0.39 is 11.4 Å². The first kappa shape index (κ1) is 16.9. The zero-order chi connectivity index (χ0) is 16.5. The lowest BCUT2D eigenvalue weighted by molar-refractivity contribution is 0.531. The van der Waals surface area contributed by atoms with Gasteiger partial charge in [-0.3, -0.25) is 0 Å². The summed E-state index contributed by atoms with van der Waals surface area (Å²) in [7, 11) is 0. The molecular weight excluding hydrogens is 296 g/mol. The summed E-state index contributed by atoms with van der Waals surface area (Å²) in [5.41, 5.74) is 9.88. The molecule has 5 nitrogen and oxygen atoms in total. The highest BCUT2D eigenvalue weighted by molar-refractivity contribution is 7.90. The van der Waals surface area contributed by atoms with Crippen molar-refractivity contribution in [2.75, 3.05) is 5.73 Å². The van der Waals surface area contributed by atoms with Crippen LogP contribution in [0.1, 0.15) is 44.9 Å². The summed E-state index contributed by atoms with van der Waals surface area (Å²) in [4.78, 5) is 7.35. The fourth-order valence-corrected chi connectivity index (χ4v) is 2.99. The number of anilines is 1. The molecular formula is C16H24N4OS. The molecule has 0 spiro atoms. The summed E-state index contributed by atoms with van der Waals surface area (Å²) in [6.07, 6.45) is 3.47. The topological polar surface area (TPSA) is 89.8 Å². The van der Waals surface area contributed by atoms with Gasteiger partial charge in [0.15, 0.2) is 0 Å². The van der Waals surface area contributed by atoms with Gasteiger partial charge in [0.1, 0.15) is 10.6 Å². The lowest BCUT2D eigenvalue weighted by atomic mass is 9.99. The number of hydrogen-bond donors (Lipinski definition) is 3. The van der Waals surface area contributed by atoms with E-state index in [1.165, 1.54) is 0 Å². The van der Waals surface area contributed by atoms with E-state index in [2.05, 4.69) is 14.7 Å². The molecule has 1 aromatic heterocycles. The van der Waals surface area contributed by atoms with Gasteiger partial charge in [-0.05, 0) is 51.8 Å². The molecule has 0 aliphatic heterocycles. The lowest BCUT2D eigenvalue weighted by Crippen LogP contribution is -2.40. The molecule has 0 bridgehead atoms. The Labute approximate surface area is 135 Å². The maximum Gasteiger partial charge on any atom is 0.139 e. The smallest absolute Gasteiger partial charge is 0.139 e. The number of nitrogens with zero attached hydrogens (tertiary/aromatic N) is 1. The second-order valence-corrected chi connectivity index (χ2v) is 8.47. The molecule has 0 saturated carbocycles. The van der Waals surface area contributed by atoms with E-state index >= 15 is 0 Å². The summed E-state index contributed by atoms with van der Waals surface area (Å²) in [6, 6.07) is 3.92. The van der Waals surface area contributed by atoms with Crippen LogP contribution in [0.15, 0.2) is 24.5 Å². The summed E-state index contributed by atoms with van der Waals surface area (Å²) in [5.74, 6) is 0.742. The number of aromatic amines is 1. The first-order chi connectivity index (χ1) is 10.2. The van der Waals surface area contributed by atoms with Crippen LogP contribution in [0, 0.1) is 6.92 Å². The standard InChI is InChI=1S/C16H24N4OS/c1-10-8-12(11(2)20-22(21)16(3,4)5)14(17)13(9-10)15-18-6-7-19-15/h6-9,11,20H,17H2,1-5H3,(H,18,19). The third-order valence-corrected chi connectivity index (χ3v) is 5.10. The molecule has 2 unspecified atom stereocenters. The van der Waals surface area contributed by atoms with Crippen LogP contribution < -0.4 is 10.5 Å². The van der Waals surface area contributed by atoms with Crippen molar-refractivity contribution >= 4 is 17.0 Å². The van der Waals surface area contributed by atoms with Gasteiger partial charge < -0.3 is 15.3 Å². The Kier molecular flexibility index (Phi) is 4.84. The van der Waals surface area contributed by atoms with Gasteiger partial charge >= 0.3 is 0 Å². The summed E-state index contributed by atoms with van der Waals surface area (Å²) in [5, 5.41) is 0. The minimum Gasteiger partial charge on any atom is -0.598 e. The SMILES string of the molecule is Cc1cc(-c2ncc[nH]2)c(N)c(C(C)N[S+]([O-])C(C)(C)C)c1. The normalized spacial score (nSPS) is 14.8. The number of nitrogens with one attached hydrogen (secondary N) is 2. The summed E-state index contributed by atoms with van der Waals surface area (Å²) in [6.45, 7) is 9.81. The zero-order valence-electron chi connectivity index (χ0n) is 13.7. The van der Waals surface area contributed by atoms with Crippen molar-refractivity contribution in [1.82, 2.24) is 14.7 Å². The average Bonchev–Trinajstić information content (AvgIpc) is 2.93. The van der Waals surface area contributed by atoms with Crippen molar-refractivity contribution in [3.63, 3.8) is 0 Å². The third-order valence-electron chi connectivity index (χ3n) is 3.42. The first-order valence-electron chi connectivity index (χ1n) is 7.28. The van der Waals surface area contributed by atoms with E-state index in [-0.39, 0.29) is 10.8 Å². The van der Waals surface area contributed by atoms with Crippen molar-refractivity contribution in [2.24, 2.45) is 0 Å². The second-order valence-electron chi connectivity index (χ2n) is 6.47. The van der Waals surface area contributed by atoms with Crippen LogP contribution in [0.2, 0.25) is 0 Å². The molecule has 2 atom stereocenters. The highest BCUT2D eigenvalue weighted by Crippen LogP contribution is 2.32. The van der Waals surface area contributed by atoms with Crippen LogP contribution in [0.4, 0.5) is 5.69 Å². The molecule has 0 saturated heterocycles. The van der Waals surface area contributed by atoms with Crippen molar-refractivity contribution in [2.45, 2.75) is 45.4 Å². The number of nitrogen functional groups attached to an aromatic ring is 1. The molecule has 2 rings (SSSR count). The Balaban J connectivity index is 2.35. The molecule has 0 fully saturated rings. The van der Waals surface area contributed by atoms with E-state index in [4.69, 9.17) is 5.73 Å². The fraction of sp³-hybridized carbons (Fsp3) is 0.438. The van der Waals surface area contributed by atoms with Gasteiger partial charge in [0, 0.05) is 35.0 Å². The summed E-state index contributed by atoms with van der Waals surface area (Å²) >= 11 is -1.16. The summed E-state index contributed by atoms with van der Waals surface area (Å²) < 4.78 is 15.1. The van der Waals surface area contributed by atoms with Crippen LogP contribution in [0.3, 0.4) is 0 Å². The minimum atomic E-state index is -1.16. The van der Waals surface area contributed by atoms with Crippen LogP contribution in [0.25, 0.3) is 11.4 Å². The maximum absolute atomic E-state index is 12.3. The number of H-pyrrole nitrogens is 1. The Bertz CT molecular complexity index is 634. The predicted octanol–water partition coefficient (Wildman–Crippen LogP) is 3.08. The number of benzene rings is 1. The molecule has 0 aliphatic carbocycles. The van der Waals surface area contributed by atoms with Gasteiger partial charge in [0.05, 0.1) is 6.04 Å². The molecule has 1 heterocycles. The fourth-order valence-electron chi connectivity index (χ4n) is 2.19. The van der Waals surface area contributed by atoms with Crippen LogP contribution >= 0.6 is 0 Å². The maximum atomic E-state index is 12.3. The quantitative estimate of drug-likeness (QED) is 0.596. The Morgan fingerprint density at radius 1 is 1.36 bits per heavy atom. The molecule has 4 N–H and O–H groups in total. The predicted molar refractivity (Wildman–Crippen MR) is 92.6 cm³/mol. The number of rotatable bonds is 4. The highest BCUT2D eigenvalue weighted by atomic mass is 32.2. The molecule has 1 aromatic carbocycles. The van der Waals surface area contributed by atoms with Crippen LogP contribution in [0.5, 0.6) is 0 Å². The van der Waals surface area contributed by atoms with Gasteiger partial charge in [-0.15, -0.1) is 4.72 Å². The highest BCUT2D eigenvalue weighted by Gasteiger charge is 2.29. The van der Waals surface area contributed by atoms with E-state index in [0.717, 1.165) is 22.5 Å². The van der Waals surface area contributed by atoms with E-state index in [9.17, 15) is 4.55 Å². The Morgan fingerprint density at radius 3 is 2.59 bits per heavy atom. The Morgan fingerprint density at radius 2 is 2.05 bits per heavy atom. The number of aromatic nitrogens is 2. The van der Waals surface area contributed by atoms with E-state index in [0.29, 0.717) is 5.69 Å². The number of nitrogens with two attached hydrogens (primary N) is 1. The van der Waals surface area contributed by atoms with Gasteiger partial charge in [0.25, 0.3) is 0 Å². The van der Waals surface area contributed by atoms with Crippen LogP contribution in [-0.2, 0) is 11.4 Å². The van der Waals surface area contributed by atoms with Gasteiger partial charge in [-0.25, -0.2) is 4.98 Å². The number of aryl methyl sites for hydroxylation is 1. The number of imidazole rings is 1. The Hall–Kier alpha value is -1.50. The molecule has 0 aliphatic rings. The van der Waals surface area contributed by atoms with E-state index in [1.54, 1.807) is 12.4 Å². The molecule has 0 amide bonds. The zero-order valence-corrected chi connectivity index (χ0v) is 14.5. The minimum absolute atomic E-state index is 0.117. The van der Waals surface area contributed by atoms with Crippen molar-refractivity contribution in [3.8, 4) is 11.4 Å². The van der Waals surface area contributed by atoms with Gasteiger partial charge in [-0.2, -0.15) is 0 Å². The van der Waals surface area contributed by atoms with Crippen molar-refractivity contribution in [3.05, 3.63) is 35.7 Å². The van der Waals surface area contributed by atoms with E-state index in [1.807, 2.05) is 46.8 Å². The molecule has 2 aromatic rings. The average molecular weight is 320 g/mol. The van der Waals surface area contributed by atoms with Crippen molar-refractivity contribution < 1.29 is 4.55 Å². The molecule has 22 heavy (non-hydrogen) atoms. The molecule has 0 radical (unpaired) electrons. The molecule has 6 heteroatoms. The largest absolute Gasteiger partial charge is 0.598 e. The number of hydrogen-bond acceptors (Lipinski definition) is 4. The van der Waals surface area contributed by atoms with Crippen molar-refractivity contribution in [1.29, 1.82) is 0 Å². The van der Waals surface area contributed by atoms with Gasteiger partial charge in [0.2, 0.25) is 0 Å². The third kappa shape index (κ3) is 3.63. The second kappa shape index (κ2) is 6.32. The van der Waals surface area contributed by atoms with Crippen LogP contribution in [-0.4, -0.2) is 19.3 Å². The molecule has 120 valence electrons. The first-order valence-corrected chi connectivity index (χ1v) is 8.43. The van der Waals surface area contributed by atoms with Gasteiger partial charge in [-0.1, -0.05) is 6.07 Å². The monoisotopic (exact) mass is 320 g/mol.